The van der Waals surface area contributed by atoms with Crippen LogP contribution in [-0.2, 0) is 11.2 Å². The van der Waals surface area contributed by atoms with Crippen LogP contribution in [0.4, 0.5) is 0 Å². The van der Waals surface area contributed by atoms with E-state index in [4.69, 9.17) is 14.6 Å². The van der Waals surface area contributed by atoms with Gasteiger partial charge in [-0.3, -0.25) is 4.79 Å². The molecule has 1 aliphatic rings. The SMILES string of the molecule is COc1ccc(CCC2CC2C(=O)O)cc1OC. The lowest BCUT2D eigenvalue weighted by atomic mass is 10.1. The molecule has 0 amide bonds. The zero-order valence-electron chi connectivity index (χ0n) is 10.7. The summed E-state index contributed by atoms with van der Waals surface area (Å²) in [6.07, 6.45) is 2.63. The predicted octanol–water partition coefficient (Wildman–Crippen LogP) is 2.36. The minimum absolute atomic E-state index is 0.120. The van der Waals surface area contributed by atoms with Crippen molar-refractivity contribution in [1.29, 1.82) is 0 Å². The van der Waals surface area contributed by atoms with Crippen LogP contribution in [0.15, 0.2) is 18.2 Å². The Kier molecular flexibility index (Phi) is 3.75. The number of aliphatic carboxylic acids is 1. The van der Waals surface area contributed by atoms with Crippen molar-refractivity contribution in [1.82, 2.24) is 0 Å². The van der Waals surface area contributed by atoms with E-state index in [-0.39, 0.29) is 5.92 Å². The van der Waals surface area contributed by atoms with Gasteiger partial charge in [0.2, 0.25) is 0 Å². The maximum atomic E-state index is 10.7. The highest BCUT2D eigenvalue weighted by atomic mass is 16.5. The van der Waals surface area contributed by atoms with Crippen molar-refractivity contribution < 1.29 is 19.4 Å². The van der Waals surface area contributed by atoms with Gasteiger partial charge in [-0.05, 0) is 42.9 Å². The lowest BCUT2D eigenvalue weighted by molar-refractivity contribution is -0.138. The first-order chi connectivity index (χ1) is 8.65. The van der Waals surface area contributed by atoms with Crippen molar-refractivity contribution in [2.24, 2.45) is 11.8 Å². The van der Waals surface area contributed by atoms with Crippen molar-refractivity contribution in [2.45, 2.75) is 19.3 Å². The molecule has 1 fully saturated rings. The second-order valence-electron chi connectivity index (χ2n) is 4.67. The molecule has 1 N–H and O–H groups in total. The molecular weight excluding hydrogens is 232 g/mol. The summed E-state index contributed by atoms with van der Waals surface area (Å²) in [5, 5.41) is 8.83. The maximum absolute atomic E-state index is 10.7. The van der Waals surface area contributed by atoms with Gasteiger partial charge in [-0.1, -0.05) is 6.07 Å². The number of aryl methyl sites for hydroxylation is 1. The fourth-order valence-electron chi connectivity index (χ4n) is 2.26. The molecule has 2 rings (SSSR count). The minimum atomic E-state index is -0.660. The monoisotopic (exact) mass is 250 g/mol. The van der Waals surface area contributed by atoms with Crippen LogP contribution < -0.4 is 9.47 Å². The second-order valence-corrected chi connectivity index (χ2v) is 4.67. The van der Waals surface area contributed by atoms with Crippen LogP contribution in [0.25, 0.3) is 0 Å². The van der Waals surface area contributed by atoms with Gasteiger partial charge in [0, 0.05) is 0 Å². The Labute approximate surface area is 107 Å². The summed E-state index contributed by atoms with van der Waals surface area (Å²) in [6.45, 7) is 0. The quantitative estimate of drug-likeness (QED) is 0.842. The number of carboxylic acid groups (broad SMARTS) is 1. The number of carboxylic acids is 1. The van der Waals surface area contributed by atoms with Crippen LogP contribution in [0, 0.1) is 11.8 Å². The van der Waals surface area contributed by atoms with Gasteiger partial charge in [-0.25, -0.2) is 0 Å². The van der Waals surface area contributed by atoms with Gasteiger partial charge in [0.25, 0.3) is 0 Å². The van der Waals surface area contributed by atoms with E-state index < -0.39 is 5.97 Å². The Morgan fingerprint density at radius 2 is 2.06 bits per heavy atom. The molecule has 1 aromatic rings. The Morgan fingerprint density at radius 3 is 2.61 bits per heavy atom. The summed E-state index contributed by atoms with van der Waals surface area (Å²) in [5.41, 5.74) is 1.16. The highest BCUT2D eigenvalue weighted by molar-refractivity contribution is 5.73. The van der Waals surface area contributed by atoms with Gasteiger partial charge in [0.05, 0.1) is 20.1 Å². The molecule has 98 valence electrons. The van der Waals surface area contributed by atoms with E-state index in [0.717, 1.165) is 36.3 Å². The molecule has 1 aromatic carbocycles. The average molecular weight is 250 g/mol. The number of carbonyl (C=O) groups is 1. The Morgan fingerprint density at radius 1 is 1.33 bits per heavy atom. The lowest BCUT2D eigenvalue weighted by Crippen LogP contribution is -2.00. The molecule has 0 radical (unpaired) electrons. The van der Waals surface area contributed by atoms with E-state index in [9.17, 15) is 4.79 Å². The summed E-state index contributed by atoms with van der Waals surface area (Å²) >= 11 is 0. The first kappa shape index (κ1) is 12.7. The summed E-state index contributed by atoms with van der Waals surface area (Å²) in [7, 11) is 3.22. The van der Waals surface area contributed by atoms with E-state index in [0.29, 0.717) is 5.92 Å². The molecule has 2 atom stereocenters. The van der Waals surface area contributed by atoms with Gasteiger partial charge >= 0.3 is 5.97 Å². The van der Waals surface area contributed by atoms with Gasteiger partial charge in [0.15, 0.2) is 11.5 Å². The molecule has 4 nitrogen and oxygen atoms in total. The summed E-state index contributed by atoms with van der Waals surface area (Å²) in [6, 6.07) is 5.84. The number of hydrogen-bond donors (Lipinski definition) is 1. The third kappa shape index (κ3) is 2.75. The molecule has 1 aliphatic carbocycles. The molecule has 4 heteroatoms. The van der Waals surface area contributed by atoms with Crippen molar-refractivity contribution in [3.63, 3.8) is 0 Å². The van der Waals surface area contributed by atoms with E-state index in [1.807, 2.05) is 18.2 Å². The lowest BCUT2D eigenvalue weighted by Gasteiger charge is -2.09. The number of benzene rings is 1. The van der Waals surface area contributed by atoms with E-state index >= 15 is 0 Å². The second kappa shape index (κ2) is 5.29. The molecule has 0 spiro atoms. The number of methoxy groups -OCH3 is 2. The Balaban J connectivity index is 1.92. The van der Waals surface area contributed by atoms with Crippen molar-refractivity contribution in [3.05, 3.63) is 23.8 Å². The van der Waals surface area contributed by atoms with E-state index in [1.165, 1.54) is 0 Å². The van der Waals surface area contributed by atoms with Gasteiger partial charge in [0.1, 0.15) is 0 Å². The van der Waals surface area contributed by atoms with Crippen LogP contribution >= 0.6 is 0 Å². The molecule has 18 heavy (non-hydrogen) atoms. The van der Waals surface area contributed by atoms with Crippen LogP contribution in [-0.4, -0.2) is 25.3 Å². The normalized spacial score (nSPS) is 21.4. The smallest absolute Gasteiger partial charge is 0.306 e. The van der Waals surface area contributed by atoms with Crippen molar-refractivity contribution in [2.75, 3.05) is 14.2 Å². The summed E-state index contributed by atoms with van der Waals surface area (Å²) in [5.74, 6) is 1.00. The highest BCUT2D eigenvalue weighted by Gasteiger charge is 2.42. The first-order valence-electron chi connectivity index (χ1n) is 6.09. The zero-order chi connectivity index (χ0) is 13.1. The van der Waals surface area contributed by atoms with Crippen molar-refractivity contribution in [3.8, 4) is 11.5 Å². The maximum Gasteiger partial charge on any atom is 0.306 e. The predicted molar refractivity (Wildman–Crippen MR) is 67.1 cm³/mol. The highest BCUT2D eigenvalue weighted by Crippen LogP contribution is 2.42. The van der Waals surface area contributed by atoms with E-state index in [1.54, 1.807) is 14.2 Å². The number of hydrogen-bond acceptors (Lipinski definition) is 3. The van der Waals surface area contributed by atoms with E-state index in [2.05, 4.69) is 0 Å². The summed E-state index contributed by atoms with van der Waals surface area (Å²) in [4.78, 5) is 10.7. The fourth-order valence-corrected chi connectivity index (χ4v) is 2.26. The van der Waals surface area contributed by atoms with Gasteiger partial charge < -0.3 is 14.6 Å². The Bertz CT molecular complexity index is 441. The molecule has 2 unspecified atom stereocenters. The molecular formula is C14H18O4. The molecule has 0 aromatic heterocycles. The minimum Gasteiger partial charge on any atom is -0.493 e. The third-order valence-electron chi connectivity index (χ3n) is 3.49. The van der Waals surface area contributed by atoms with Crippen molar-refractivity contribution >= 4 is 5.97 Å². The van der Waals surface area contributed by atoms with Gasteiger partial charge in [-0.15, -0.1) is 0 Å². The molecule has 0 bridgehead atoms. The number of rotatable bonds is 6. The third-order valence-corrected chi connectivity index (χ3v) is 3.49. The number of ether oxygens (including phenoxy) is 2. The summed E-state index contributed by atoms with van der Waals surface area (Å²) < 4.78 is 10.4. The zero-order valence-corrected chi connectivity index (χ0v) is 10.7. The largest absolute Gasteiger partial charge is 0.493 e. The standard InChI is InChI=1S/C14H18O4/c1-17-12-6-4-9(7-13(12)18-2)3-5-10-8-11(10)14(15)16/h4,6-7,10-11H,3,5,8H2,1-2H3,(H,15,16). The average Bonchev–Trinajstić information content (AvgIpc) is 3.15. The first-order valence-corrected chi connectivity index (χ1v) is 6.09. The van der Waals surface area contributed by atoms with Crippen LogP contribution in [0.5, 0.6) is 11.5 Å². The van der Waals surface area contributed by atoms with Crippen LogP contribution in [0.2, 0.25) is 0 Å². The van der Waals surface area contributed by atoms with Crippen LogP contribution in [0.1, 0.15) is 18.4 Å². The molecule has 1 saturated carbocycles. The van der Waals surface area contributed by atoms with Gasteiger partial charge in [-0.2, -0.15) is 0 Å². The topological polar surface area (TPSA) is 55.8 Å². The molecule has 0 aliphatic heterocycles. The van der Waals surface area contributed by atoms with Crippen LogP contribution in [0.3, 0.4) is 0 Å². The molecule has 0 heterocycles. The fraction of sp³-hybridized carbons (Fsp3) is 0.500. The Hall–Kier alpha value is -1.71. The molecule has 0 saturated heterocycles.